The number of aliphatic hydroxyl groups excluding tert-OH is 1. The maximum absolute atomic E-state index is 9.00. The van der Waals surface area contributed by atoms with Crippen molar-refractivity contribution in [3.05, 3.63) is 65.2 Å². The molecule has 0 saturated heterocycles. The van der Waals surface area contributed by atoms with E-state index in [1.807, 2.05) is 24.3 Å². The number of rotatable bonds is 4. The maximum atomic E-state index is 9.00. The molecule has 0 heterocycles. The number of hydrogen-bond acceptors (Lipinski definition) is 2. The van der Waals surface area contributed by atoms with Crippen LogP contribution in [0.4, 0.5) is 5.69 Å². The first-order valence-corrected chi connectivity index (χ1v) is 6.22. The molecule has 2 aromatic carbocycles. The quantitative estimate of drug-likeness (QED) is 0.856. The summed E-state index contributed by atoms with van der Waals surface area (Å²) in [5.41, 5.74) is 4.56. The van der Waals surface area contributed by atoms with Crippen LogP contribution in [0, 0.1) is 6.92 Å². The van der Waals surface area contributed by atoms with E-state index in [0.717, 1.165) is 11.3 Å². The van der Waals surface area contributed by atoms with Gasteiger partial charge in [-0.05, 0) is 37.1 Å². The third kappa shape index (κ3) is 3.11. The lowest BCUT2D eigenvalue weighted by atomic mass is 10.1. The van der Waals surface area contributed by atoms with Crippen LogP contribution >= 0.6 is 0 Å². The Morgan fingerprint density at radius 2 is 1.83 bits per heavy atom. The van der Waals surface area contributed by atoms with Crippen LogP contribution in [0.25, 0.3) is 0 Å². The van der Waals surface area contributed by atoms with Crippen LogP contribution in [-0.4, -0.2) is 5.11 Å². The molecule has 2 aromatic rings. The first-order chi connectivity index (χ1) is 8.69. The van der Waals surface area contributed by atoms with E-state index < -0.39 is 0 Å². The van der Waals surface area contributed by atoms with Crippen molar-refractivity contribution in [1.29, 1.82) is 0 Å². The van der Waals surface area contributed by atoms with E-state index in [9.17, 15) is 0 Å². The fourth-order valence-electron chi connectivity index (χ4n) is 1.98. The maximum Gasteiger partial charge on any atom is 0.0681 e. The van der Waals surface area contributed by atoms with Crippen molar-refractivity contribution in [3.63, 3.8) is 0 Å². The molecule has 2 N–H and O–H groups in total. The predicted molar refractivity (Wildman–Crippen MR) is 75.6 cm³/mol. The summed E-state index contributed by atoms with van der Waals surface area (Å²) in [7, 11) is 0. The second-order valence-corrected chi connectivity index (χ2v) is 4.64. The van der Waals surface area contributed by atoms with Crippen LogP contribution < -0.4 is 5.32 Å². The van der Waals surface area contributed by atoms with Crippen LogP contribution in [0.15, 0.2) is 48.5 Å². The second-order valence-electron chi connectivity index (χ2n) is 4.64. The molecule has 1 atom stereocenters. The van der Waals surface area contributed by atoms with Crippen LogP contribution in [0.1, 0.15) is 29.7 Å². The van der Waals surface area contributed by atoms with E-state index in [-0.39, 0.29) is 12.6 Å². The molecule has 0 spiro atoms. The van der Waals surface area contributed by atoms with E-state index in [1.54, 1.807) is 0 Å². The van der Waals surface area contributed by atoms with E-state index in [1.165, 1.54) is 11.1 Å². The lowest BCUT2D eigenvalue weighted by Gasteiger charge is -2.16. The first kappa shape index (κ1) is 12.7. The lowest BCUT2D eigenvalue weighted by Crippen LogP contribution is -2.06. The molecule has 0 bridgehead atoms. The molecule has 0 saturated carbocycles. The van der Waals surface area contributed by atoms with E-state index in [0.29, 0.717) is 0 Å². The highest BCUT2D eigenvalue weighted by molar-refractivity contribution is 5.46. The molecule has 2 nitrogen and oxygen atoms in total. The highest BCUT2D eigenvalue weighted by Crippen LogP contribution is 2.20. The third-order valence-corrected chi connectivity index (χ3v) is 3.06. The van der Waals surface area contributed by atoms with Gasteiger partial charge in [0.1, 0.15) is 0 Å². The zero-order chi connectivity index (χ0) is 13.0. The summed E-state index contributed by atoms with van der Waals surface area (Å²) in [5, 5.41) is 12.5. The first-order valence-electron chi connectivity index (χ1n) is 6.22. The predicted octanol–water partition coefficient (Wildman–Crippen LogP) is 3.66. The molecule has 2 rings (SSSR count). The molecule has 0 aromatic heterocycles. The van der Waals surface area contributed by atoms with Gasteiger partial charge in [0.05, 0.1) is 6.61 Å². The Morgan fingerprint density at radius 3 is 2.44 bits per heavy atom. The van der Waals surface area contributed by atoms with Crippen LogP contribution in [0.3, 0.4) is 0 Å². The number of anilines is 1. The summed E-state index contributed by atoms with van der Waals surface area (Å²) >= 11 is 0. The lowest BCUT2D eigenvalue weighted by molar-refractivity contribution is 0.282. The molecule has 0 aliphatic carbocycles. The minimum Gasteiger partial charge on any atom is -0.392 e. The monoisotopic (exact) mass is 241 g/mol. The van der Waals surface area contributed by atoms with Crippen molar-refractivity contribution >= 4 is 5.69 Å². The van der Waals surface area contributed by atoms with Gasteiger partial charge in [-0.1, -0.05) is 42.0 Å². The molecule has 0 amide bonds. The van der Waals surface area contributed by atoms with Crippen molar-refractivity contribution in [1.82, 2.24) is 0 Å². The van der Waals surface area contributed by atoms with E-state index in [2.05, 4.69) is 43.4 Å². The molecule has 1 unspecified atom stereocenters. The summed E-state index contributed by atoms with van der Waals surface area (Å²) in [5.74, 6) is 0. The minimum atomic E-state index is 0.0910. The van der Waals surface area contributed by atoms with Gasteiger partial charge in [0, 0.05) is 11.7 Å². The second kappa shape index (κ2) is 5.69. The molecule has 0 aliphatic rings. The average molecular weight is 241 g/mol. The zero-order valence-corrected chi connectivity index (χ0v) is 10.9. The van der Waals surface area contributed by atoms with E-state index >= 15 is 0 Å². The summed E-state index contributed by atoms with van der Waals surface area (Å²) in [6, 6.07) is 16.6. The van der Waals surface area contributed by atoms with Gasteiger partial charge < -0.3 is 10.4 Å². The van der Waals surface area contributed by atoms with Crippen molar-refractivity contribution in [3.8, 4) is 0 Å². The molecular weight excluding hydrogens is 222 g/mol. The largest absolute Gasteiger partial charge is 0.392 e. The average Bonchev–Trinajstić information content (AvgIpc) is 2.39. The van der Waals surface area contributed by atoms with Crippen molar-refractivity contribution < 1.29 is 5.11 Å². The van der Waals surface area contributed by atoms with Crippen molar-refractivity contribution in [2.45, 2.75) is 26.5 Å². The van der Waals surface area contributed by atoms with Gasteiger partial charge in [-0.3, -0.25) is 0 Å². The van der Waals surface area contributed by atoms with Crippen molar-refractivity contribution in [2.24, 2.45) is 0 Å². The summed E-state index contributed by atoms with van der Waals surface area (Å²) < 4.78 is 0. The number of aryl methyl sites for hydroxylation is 1. The van der Waals surface area contributed by atoms with Gasteiger partial charge in [-0.25, -0.2) is 0 Å². The summed E-state index contributed by atoms with van der Waals surface area (Å²) in [6.45, 7) is 4.34. The van der Waals surface area contributed by atoms with Gasteiger partial charge in [0.2, 0.25) is 0 Å². The summed E-state index contributed by atoms with van der Waals surface area (Å²) in [4.78, 5) is 0. The van der Waals surface area contributed by atoms with Gasteiger partial charge in [0.25, 0.3) is 0 Å². The topological polar surface area (TPSA) is 32.3 Å². The molecule has 0 radical (unpaired) electrons. The van der Waals surface area contributed by atoms with Crippen LogP contribution in [0.5, 0.6) is 0 Å². The van der Waals surface area contributed by atoms with E-state index in [4.69, 9.17) is 5.11 Å². The van der Waals surface area contributed by atoms with Crippen molar-refractivity contribution in [2.75, 3.05) is 5.32 Å². The highest BCUT2D eigenvalue weighted by Gasteiger charge is 2.05. The number of hydrogen-bond donors (Lipinski definition) is 2. The van der Waals surface area contributed by atoms with Crippen LogP contribution in [-0.2, 0) is 6.61 Å². The Balaban J connectivity index is 2.08. The van der Waals surface area contributed by atoms with Gasteiger partial charge in [-0.15, -0.1) is 0 Å². The summed E-state index contributed by atoms with van der Waals surface area (Å²) in [6.07, 6.45) is 0. The Bertz CT molecular complexity index is 505. The van der Waals surface area contributed by atoms with Gasteiger partial charge >= 0.3 is 0 Å². The molecular formula is C16H19NO. The Kier molecular flexibility index (Phi) is 4.00. The Morgan fingerprint density at radius 1 is 1.11 bits per heavy atom. The minimum absolute atomic E-state index is 0.0910. The number of aliphatic hydroxyl groups is 1. The Labute approximate surface area is 108 Å². The number of benzene rings is 2. The third-order valence-electron chi connectivity index (χ3n) is 3.06. The highest BCUT2D eigenvalue weighted by atomic mass is 16.3. The fraction of sp³-hybridized carbons (Fsp3) is 0.250. The number of nitrogens with one attached hydrogen (secondary N) is 1. The SMILES string of the molecule is Cc1cccc(C(C)Nc2ccc(CO)cc2)c1. The molecule has 94 valence electrons. The van der Waals surface area contributed by atoms with Gasteiger partial charge in [0.15, 0.2) is 0 Å². The molecule has 2 heteroatoms. The molecule has 0 aliphatic heterocycles. The molecule has 0 fully saturated rings. The smallest absolute Gasteiger partial charge is 0.0681 e. The van der Waals surface area contributed by atoms with Crippen LogP contribution in [0.2, 0.25) is 0 Å². The fourth-order valence-corrected chi connectivity index (χ4v) is 1.98. The van der Waals surface area contributed by atoms with Gasteiger partial charge in [-0.2, -0.15) is 0 Å². The molecule has 18 heavy (non-hydrogen) atoms. The standard InChI is InChI=1S/C16H19NO/c1-12-4-3-5-15(10-12)13(2)17-16-8-6-14(11-18)7-9-16/h3-10,13,17-18H,11H2,1-2H3. The normalized spacial score (nSPS) is 12.2. The Hall–Kier alpha value is -1.80. The zero-order valence-electron chi connectivity index (χ0n) is 10.9.